The summed E-state index contributed by atoms with van der Waals surface area (Å²) >= 11 is 1.65. The monoisotopic (exact) mass is 220 g/mol. The Morgan fingerprint density at radius 3 is 3.27 bits per heavy atom. The summed E-state index contributed by atoms with van der Waals surface area (Å²) in [6.45, 7) is 0. The summed E-state index contributed by atoms with van der Waals surface area (Å²) in [4.78, 5) is 13.0. The SMILES string of the molecule is O=C1CCCC2NN=C(c3cccs3)C12. The molecule has 3 nitrogen and oxygen atoms in total. The van der Waals surface area contributed by atoms with Gasteiger partial charge in [0.15, 0.2) is 0 Å². The van der Waals surface area contributed by atoms with Crippen LogP contribution in [-0.2, 0) is 4.79 Å². The molecule has 1 saturated carbocycles. The van der Waals surface area contributed by atoms with E-state index < -0.39 is 0 Å². The largest absolute Gasteiger partial charge is 0.306 e. The molecule has 0 bridgehead atoms. The first-order valence-corrected chi connectivity index (χ1v) is 6.14. The van der Waals surface area contributed by atoms with Crippen molar-refractivity contribution in [3.8, 4) is 0 Å². The summed E-state index contributed by atoms with van der Waals surface area (Å²) < 4.78 is 0. The number of carbonyl (C=O) groups excluding carboxylic acids is 1. The fourth-order valence-corrected chi connectivity index (χ4v) is 3.13. The van der Waals surface area contributed by atoms with Gasteiger partial charge in [-0.05, 0) is 24.3 Å². The Bertz CT molecular complexity index is 410. The number of thiophene rings is 1. The zero-order valence-corrected chi connectivity index (χ0v) is 9.09. The molecular formula is C11H12N2OS. The zero-order valence-electron chi connectivity index (χ0n) is 8.27. The van der Waals surface area contributed by atoms with E-state index >= 15 is 0 Å². The lowest BCUT2D eigenvalue weighted by atomic mass is 9.81. The van der Waals surface area contributed by atoms with Crippen LogP contribution in [0.1, 0.15) is 24.1 Å². The van der Waals surface area contributed by atoms with Crippen LogP contribution >= 0.6 is 11.3 Å². The molecule has 2 atom stereocenters. The fraction of sp³-hybridized carbons (Fsp3) is 0.455. The van der Waals surface area contributed by atoms with Crippen LogP contribution in [0.5, 0.6) is 0 Å². The molecule has 0 radical (unpaired) electrons. The van der Waals surface area contributed by atoms with Crippen LogP contribution in [0, 0.1) is 5.92 Å². The number of hydrogen-bond donors (Lipinski definition) is 1. The molecule has 2 heterocycles. The second-order valence-electron chi connectivity index (χ2n) is 4.05. The molecule has 1 aliphatic heterocycles. The van der Waals surface area contributed by atoms with Crippen molar-refractivity contribution in [2.24, 2.45) is 11.0 Å². The van der Waals surface area contributed by atoms with Crippen molar-refractivity contribution in [1.82, 2.24) is 5.43 Å². The summed E-state index contributed by atoms with van der Waals surface area (Å²) in [6.07, 6.45) is 2.78. The third-order valence-electron chi connectivity index (χ3n) is 3.11. The maximum absolute atomic E-state index is 11.9. The Labute approximate surface area is 92.2 Å². The molecule has 2 unspecified atom stereocenters. The summed E-state index contributed by atoms with van der Waals surface area (Å²) in [6, 6.07) is 4.29. The third-order valence-corrected chi connectivity index (χ3v) is 4.00. The number of nitrogens with one attached hydrogen (secondary N) is 1. The van der Waals surface area contributed by atoms with E-state index in [1.54, 1.807) is 11.3 Å². The molecule has 1 aliphatic carbocycles. The van der Waals surface area contributed by atoms with Gasteiger partial charge in [0.2, 0.25) is 0 Å². The van der Waals surface area contributed by atoms with Crippen molar-refractivity contribution < 1.29 is 4.79 Å². The van der Waals surface area contributed by atoms with Gasteiger partial charge < -0.3 is 5.43 Å². The molecule has 3 rings (SSSR count). The highest BCUT2D eigenvalue weighted by Gasteiger charge is 2.40. The Balaban J connectivity index is 1.94. The minimum atomic E-state index is 0.0115. The van der Waals surface area contributed by atoms with Crippen LogP contribution in [0.15, 0.2) is 22.6 Å². The van der Waals surface area contributed by atoms with Gasteiger partial charge in [0.25, 0.3) is 0 Å². The second-order valence-corrected chi connectivity index (χ2v) is 4.99. The lowest BCUT2D eigenvalue weighted by molar-refractivity contribution is -0.122. The van der Waals surface area contributed by atoms with Gasteiger partial charge in [0.05, 0.1) is 22.5 Å². The van der Waals surface area contributed by atoms with E-state index in [0.29, 0.717) is 12.2 Å². The van der Waals surface area contributed by atoms with Gasteiger partial charge in [-0.25, -0.2) is 0 Å². The predicted molar refractivity (Wildman–Crippen MR) is 60.1 cm³/mol. The highest BCUT2D eigenvalue weighted by atomic mass is 32.1. The molecule has 0 spiro atoms. The van der Waals surface area contributed by atoms with E-state index in [0.717, 1.165) is 23.4 Å². The average Bonchev–Trinajstić information content (AvgIpc) is 2.85. The number of fused-ring (bicyclic) bond motifs is 1. The van der Waals surface area contributed by atoms with Crippen molar-refractivity contribution in [3.05, 3.63) is 22.4 Å². The molecule has 1 N–H and O–H groups in total. The van der Waals surface area contributed by atoms with E-state index in [1.807, 2.05) is 17.5 Å². The predicted octanol–water partition coefficient (Wildman–Crippen LogP) is 1.79. The van der Waals surface area contributed by atoms with E-state index in [-0.39, 0.29) is 12.0 Å². The lowest BCUT2D eigenvalue weighted by Gasteiger charge is -2.23. The number of ketones is 1. The van der Waals surface area contributed by atoms with Crippen LogP contribution in [0.2, 0.25) is 0 Å². The molecule has 1 aromatic rings. The van der Waals surface area contributed by atoms with Crippen molar-refractivity contribution in [2.45, 2.75) is 25.3 Å². The van der Waals surface area contributed by atoms with Gasteiger partial charge in [0.1, 0.15) is 5.78 Å². The standard InChI is InChI=1S/C11H12N2OS/c14-8-4-1-3-7-10(8)11(13-12-7)9-5-2-6-15-9/h2,5-7,10,12H,1,3-4H2. The maximum atomic E-state index is 11.9. The van der Waals surface area contributed by atoms with E-state index in [9.17, 15) is 4.79 Å². The first-order valence-electron chi connectivity index (χ1n) is 5.26. The molecular weight excluding hydrogens is 208 g/mol. The van der Waals surface area contributed by atoms with Crippen LogP contribution in [0.25, 0.3) is 0 Å². The van der Waals surface area contributed by atoms with Gasteiger partial charge in [0, 0.05) is 6.42 Å². The average molecular weight is 220 g/mol. The zero-order chi connectivity index (χ0) is 10.3. The molecule has 0 aromatic carbocycles. The smallest absolute Gasteiger partial charge is 0.144 e. The topological polar surface area (TPSA) is 41.5 Å². The molecule has 0 amide bonds. The number of hydrazone groups is 1. The van der Waals surface area contributed by atoms with Gasteiger partial charge in [-0.1, -0.05) is 6.07 Å². The Kier molecular flexibility index (Phi) is 2.09. The van der Waals surface area contributed by atoms with Crippen LogP contribution in [0.3, 0.4) is 0 Å². The van der Waals surface area contributed by atoms with Gasteiger partial charge >= 0.3 is 0 Å². The molecule has 0 saturated heterocycles. The number of hydrogen-bond acceptors (Lipinski definition) is 4. The Hall–Kier alpha value is -1.16. The second kappa shape index (κ2) is 3.45. The van der Waals surface area contributed by atoms with Gasteiger partial charge in [-0.3, -0.25) is 4.79 Å². The summed E-state index contributed by atoms with van der Waals surface area (Å²) in [7, 11) is 0. The van der Waals surface area contributed by atoms with Crippen molar-refractivity contribution in [3.63, 3.8) is 0 Å². The first-order chi connectivity index (χ1) is 7.36. The van der Waals surface area contributed by atoms with E-state index in [4.69, 9.17) is 0 Å². The summed E-state index contributed by atoms with van der Waals surface area (Å²) in [5, 5.41) is 6.36. The molecule has 4 heteroatoms. The minimum absolute atomic E-state index is 0.0115. The fourth-order valence-electron chi connectivity index (χ4n) is 2.38. The van der Waals surface area contributed by atoms with E-state index in [2.05, 4.69) is 10.5 Å². The first kappa shape index (κ1) is 9.09. The highest BCUT2D eigenvalue weighted by molar-refractivity contribution is 7.12. The molecule has 1 fully saturated rings. The van der Waals surface area contributed by atoms with Gasteiger partial charge in [-0.15, -0.1) is 11.3 Å². The summed E-state index contributed by atoms with van der Waals surface area (Å²) in [5.41, 5.74) is 4.06. The minimum Gasteiger partial charge on any atom is -0.306 e. The highest BCUT2D eigenvalue weighted by Crippen LogP contribution is 2.30. The van der Waals surface area contributed by atoms with Crippen LogP contribution in [-0.4, -0.2) is 17.5 Å². The Morgan fingerprint density at radius 2 is 2.47 bits per heavy atom. The summed E-state index contributed by atoms with van der Waals surface area (Å²) in [5.74, 6) is 0.362. The van der Waals surface area contributed by atoms with Crippen molar-refractivity contribution in [1.29, 1.82) is 0 Å². The number of rotatable bonds is 1. The molecule has 2 aliphatic rings. The van der Waals surface area contributed by atoms with Crippen molar-refractivity contribution in [2.75, 3.05) is 0 Å². The Morgan fingerprint density at radius 1 is 1.53 bits per heavy atom. The molecule has 78 valence electrons. The van der Waals surface area contributed by atoms with Crippen LogP contribution in [0.4, 0.5) is 0 Å². The van der Waals surface area contributed by atoms with Gasteiger partial charge in [-0.2, -0.15) is 5.10 Å². The molecule has 1 aromatic heterocycles. The normalized spacial score (nSPS) is 29.6. The number of Topliss-reactive ketones (excluding diaryl/α,β-unsaturated/α-hetero) is 1. The van der Waals surface area contributed by atoms with Crippen molar-refractivity contribution >= 4 is 22.8 Å². The quantitative estimate of drug-likeness (QED) is 0.784. The third kappa shape index (κ3) is 1.40. The van der Waals surface area contributed by atoms with Crippen LogP contribution < -0.4 is 5.43 Å². The number of nitrogens with zero attached hydrogens (tertiary/aromatic N) is 1. The van der Waals surface area contributed by atoms with E-state index in [1.165, 1.54) is 0 Å². The number of carbonyl (C=O) groups is 1. The maximum Gasteiger partial charge on any atom is 0.144 e. The lowest BCUT2D eigenvalue weighted by Crippen LogP contribution is -2.39. The molecule has 15 heavy (non-hydrogen) atoms.